The Balaban J connectivity index is 2.25. The van der Waals surface area contributed by atoms with E-state index in [1.165, 1.54) is 37.0 Å². The second-order valence-electron chi connectivity index (χ2n) is 10.7. The molecule has 0 bridgehead atoms. The molecule has 1 unspecified atom stereocenters. The van der Waals surface area contributed by atoms with Crippen LogP contribution in [0.15, 0.2) is 35.7 Å². The number of piperazine rings is 1. The van der Waals surface area contributed by atoms with Crippen LogP contribution in [0.1, 0.15) is 73.1 Å². The molecule has 1 aliphatic heterocycles. The van der Waals surface area contributed by atoms with E-state index in [1.807, 2.05) is 6.92 Å². The Kier molecular flexibility index (Phi) is 10.9. The smallest absolute Gasteiger partial charge is 0.0652 e. The van der Waals surface area contributed by atoms with Gasteiger partial charge in [0.25, 0.3) is 0 Å². The van der Waals surface area contributed by atoms with E-state index >= 15 is 0 Å². The van der Waals surface area contributed by atoms with Crippen LogP contribution in [0, 0.1) is 28.6 Å². The van der Waals surface area contributed by atoms with Gasteiger partial charge < -0.3 is 14.7 Å². The molecule has 4 nitrogen and oxygen atoms in total. The van der Waals surface area contributed by atoms with Crippen molar-refractivity contribution in [1.29, 1.82) is 5.26 Å². The molecule has 4 heteroatoms. The quantitative estimate of drug-likeness (QED) is 0.387. The molecule has 0 spiro atoms. The average Bonchev–Trinajstić information content (AvgIpc) is 2.77. The molecule has 2 rings (SSSR count). The summed E-state index contributed by atoms with van der Waals surface area (Å²) in [5.74, 6) is 0.793. The lowest BCUT2D eigenvalue weighted by Crippen LogP contribution is -2.42. The van der Waals surface area contributed by atoms with Gasteiger partial charge in [-0.25, -0.2) is 0 Å². The monoisotopic (exact) mass is 440 g/mol. The van der Waals surface area contributed by atoms with Crippen LogP contribution in [0.4, 0.5) is 0 Å². The summed E-state index contributed by atoms with van der Waals surface area (Å²) in [6.45, 7) is 17.8. The summed E-state index contributed by atoms with van der Waals surface area (Å²) in [5.41, 5.74) is 3.32. The molecule has 180 valence electrons. The van der Waals surface area contributed by atoms with E-state index < -0.39 is 0 Å². The maximum absolute atomic E-state index is 9.12. The average molecular weight is 441 g/mol. The zero-order valence-electron chi connectivity index (χ0n) is 21.7. The minimum absolute atomic E-state index is 0.140. The Morgan fingerprint density at radius 2 is 1.84 bits per heavy atom. The summed E-state index contributed by atoms with van der Waals surface area (Å²) in [6.07, 6.45) is 16.7. The van der Waals surface area contributed by atoms with Gasteiger partial charge in [-0.1, -0.05) is 19.9 Å². The lowest BCUT2D eigenvalue weighted by Gasteiger charge is -2.37. The molecule has 0 aromatic carbocycles. The van der Waals surface area contributed by atoms with E-state index in [4.69, 9.17) is 5.26 Å². The zero-order valence-corrected chi connectivity index (χ0v) is 21.7. The number of hydrogen-bond acceptors (Lipinski definition) is 4. The van der Waals surface area contributed by atoms with E-state index in [1.54, 1.807) is 0 Å². The molecule has 2 aliphatic rings. The standard InChI is InChI=1S/C28H48N4/c1-7-10-27(32(8-2)16-9-11-24(3)22-29)21-26(23-31-19-17-30(6)18-20-31)25-12-14-28(4,5)15-13-25/h7,10,21,23-25H,8-9,11-20H2,1-6H3/b10-7-,26-23-,27-21+. The van der Waals surface area contributed by atoms with Crippen LogP contribution in [-0.4, -0.2) is 61.0 Å². The lowest BCUT2D eigenvalue weighted by atomic mass is 9.71. The second kappa shape index (κ2) is 13.1. The second-order valence-corrected chi connectivity index (χ2v) is 10.7. The van der Waals surface area contributed by atoms with E-state index in [0.717, 1.165) is 52.1 Å². The molecular formula is C28H48N4. The van der Waals surface area contributed by atoms with Crippen molar-refractivity contribution in [3.63, 3.8) is 0 Å². The molecule has 0 radical (unpaired) electrons. The number of likely N-dealkylation sites (N-methyl/N-ethyl adjacent to an activating group) is 2. The van der Waals surface area contributed by atoms with Crippen molar-refractivity contribution in [2.24, 2.45) is 17.3 Å². The molecule has 2 fully saturated rings. The molecule has 0 N–H and O–H groups in total. The summed E-state index contributed by atoms with van der Waals surface area (Å²) in [5, 5.41) is 9.12. The molecule has 0 aromatic rings. The summed E-state index contributed by atoms with van der Waals surface area (Å²) in [6, 6.07) is 2.38. The minimum Gasteiger partial charge on any atom is -0.375 e. The highest BCUT2D eigenvalue weighted by Crippen LogP contribution is 2.41. The van der Waals surface area contributed by atoms with Gasteiger partial charge in [-0.2, -0.15) is 5.26 Å². The summed E-state index contributed by atoms with van der Waals surface area (Å²) in [4.78, 5) is 7.47. The first-order valence-corrected chi connectivity index (χ1v) is 12.9. The zero-order chi connectivity index (χ0) is 23.6. The lowest BCUT2D eigenvalue weighted by molar-refractivity contribution is 0.190. The van der Waals surface area contributed by atoms with E-state index in [2.05, 4.69) is 79.9 Å². The third kappa shape index (κ3) is 8.66. The first-order chi connectivity index (χ1) is 15.3. The van der Waals surface area contributed by atoms with Crippen molar-refractivity contribution < 1.29 is 0 Å². The van der Waals surface area contributed by atoms with Crippen LogP contribution >= 0.6 is 0 Å². The Morgan fingerprint density at radius 3 is 2.41 bits per heavy atom. The largest absolute Gasteiger partial charge is 0.375 e. The van der Waals surface area contributed by atoms with Crippen LogP contribution in [0.3, 0.4) is 0 Å². The predicted octanol–water partition coefficient (Wildman–Crippen LogP) is 6.06. The molecule has 1 aliphatic carbocycles. The normalized spacial score (nSPS) is 22.2. The van der Waals surface area contributed by atoms with E-state index in [0.29, 0.717) is 11.3 Å². The maximum atomic E-state index is 9.12. The van der Waals surface area contributed by atoms with Crippen molar-refractivity contribution in [2.45, 2.75) is 73.1 Å². The molecule has 1 atom stereocenters. The van der Waals surface area contributed by atoms with Crippen LogP contribution in [0.2, 0.25) is 0 Å². The molecular weight excluding hydrogens is 392 g/mol. The molecule has 1 heterocycles. The van der Waals surface area contributed by atoms with Gasteiger partial charge in [-0.05, 0) is 95.4 Å². The maximum Gasteiger partial charge on any atom is 0.0652 e. The Hall–Kier alpha value is -1.73. The molecule has 1 saturated carbocycles. The SMILES string of the molecule is C\C=C/C(=C\C(=C\N1CCN(C)CC1)C1CCC(C)(C)CC1)N(CC)CCCC(C)C#N. The Morgan fingerprint density at radius 1 is 1.19 bits per heavy atom. The Bertz CT molecular complexity index is 679. The highest BCUT2D eigenvalue weighted by molar-refractivity contribution is 5.31. The van der Waals surface area contributed by atoms with E-state index in [-0.39, 0.29) is 5.92 Å². The van der Waals surface area contributed by atoms with Gasteiger partial charge in [0.15, 0.2) is 0 Å². The number of rotatable bonds is 10. The van der Waals surface area contributed by atoms with Crippen LogP contribution in [-0.2, 0) is 0 Å². The van der Waals surface area contributed by atoms with Crippen molar-refractivity contribution in [1.82, 2.24) is 14.7 Å². The topological polar surface area (TPSA) is 33.5 Å². The molecule has 0 aromatic heterocycles. The van der Waals surface area contributed by atoms with Crippen molar-refractivity contribution >= 4 is 0 Å². The highest BCUT2D eigenvalue weighted by atomic mass is 15.2. The Labute approximate surface area is 198 Å². The number of nitrogens with zero attached hydrogens (tertiary/aromatic N) is 4. The van der Waals surface area contributed by atoms with Gasteiger partial charge in [0.05, 0.1) is 6.07 Å². The minimum atomic E-state index is 0.140. The first-order valence-electron chi connectivity index (χ1n) is 12.9. The summed E-state index contributed by atoms with van der Waals surface area (Å²) >= 11 is 0. The third-order valence-electron chi connectivity index (χ3n) is 7.36. The molecule has 32 heavy (non-hydrogen) atoms. The van der Waals surface area contributed by atoms with Gasteiger partial charge in [-0.3, -0.25) is 0 Å². The number of allylic oxidation sites excluding steroid dienone is 4. The fourth-order valence-corrected chi connectivity index (χ4v) is 4.86. The van der Waals surface area contributed by atoms with Gasteiger partial charge in [0.2, 0.25) is 0 Å². The van der Waals surface area contributed by atoms with E-state index in [9.17, 15) is 0 Å². The van der Waals surface area contributed by atoms with Crippen LogP contribution < -0.4 is 0 Å². The van der Waals surface area contributed by atoms with Crippen molar-refractivity contribution in [3.05, 3.63) is 35.7 Å². The van der Waals surface area contributed by atoms with Gasteiger partial charge in [0, 0.05) is 57.1 Å². The highest BCUT2D eigenvalue weighted by Gasteiger charge is 2.29. The van der Waals surface area contributed by atoms with Gasteiger partial charge in [-0.15, -0.1) is 0 Å². The van der Waals surface area contributed by atoms with Crippen molar-refractivity contribution in [3.8, 4) is 6.07 Å². The number of nitriles is 1. The number of hydrogen-bond donors (Lipinski definition) is 0. The first kappa shape index (κ1) is 26.5. The van der Waals surface area contributed by atoms with Crippen LogP contribution in [0.5, 0.6) is 0 Å². The van der Waals surface area contributed by atoms with Crippen LogP contribution in [0.25, 0.3) is 0 Å². The third-order valence-corrected chi connectivity index (χ3v) is 7.36. The molecule has 0 amide bonds. The fourth-order valence-electron chi connectivity index (χ4n) is 4.86. The summed E-state index contributed by atoms with van der Waals surface area (Å²) in [7, 11) is 2.22. The predicted molar refractivity (Wildman–Crippen MR) is 137 cm³/mol. The molecule has 1 saturated heterocycles. The van der Waals surface area contributed by atoms with Gasteiger partial charge >= 0.3 is 0 Å². The summed E-state index contributed by atoms with van der Waals surface area (Å²) < 4.78 is 0. The van der Waals surface area contributed by atoms with Crippen molar-refractivity contribution in [2.75, 3.05) is 46.3 Å². The fraction of sp³-hybridized carbons (Fsp3) is 0.750. The van der Waals surface area contributed by atoms with Gasteiger partial charge in [0.1, 0.15) is 0 Å².